The molecule has 3 aromatic rings. The molecule has 0 aliphatic rings. The Bertz CT molecular complexity index is 847. The molecule has 21 heavy (non-hydrogen) atoms. The molecule has 0 saturated carbocycles. The molecular formula is C16H18N4O. The molecule has 0 spiro atoms. The van der Waals surface area contributed by atoms with Crippen molar-refractivity contribution in [3.63, 3.8) is 0 Å². The summed E-state index contributed by atoms with van der Waals surface area (Å²) < 4.78 is 3.51. The lowest BCUT2D eigenvalue weighted by atomic mass is 10.1. The van der Waals surface area contributed by atoms with Crippen LogP contribution in [-0.4, -0.2) is 19.3 Å². The Balaban J connectivity index is 2.22. The van der Waals surface area contributed by atoms with Crippen molar-refractivity contribution in [2.75, 3.05) is 0 Å². The number of aryl methyl sites for hydroxylation is 2. The van der Waals surface area contributed by atoms with Gasteiger partial charge >= 0.3 is 0 Å². The second kappa shape index (κ2) is 5.16. The molecule has 1 atom stereocenters. The van der Waals surface area contributed by atoms with Crippen molar-refractivity contribution in [1.82, 2.24) is 19.3 Å². The summed E-state index contributed by atoms with van der Waals surface area (Å²) in [5, 5.41) is 4.86. The van der Waals surface area contributed by atoms with Crippen molar-refractivity contribution < 1.29 is 0 Å². The highest BCUT2D eigenvalue weighted by molar-refractivity contribution is 5.77. The van der Waals surface area contributed by atoms with Gasteiger partial charge in [0.2, 0.25) is 0 Å². The molecule has 1 unspecified atom stereocenters. The number of fused-ring (bicyclic) bond motifs is 1. The topological polar surface area (TPSA) is 52.7 Å². The van der Waals surface area contributed by atoms with Crippen LogP contribution in [0.2, 0.25) is 0 Å². The minimum Gasteiger partial charge on any atom is -0.290 e. The Labute approximate surface area is 122 Å². The predicted octanol–water partition coefficient (Wildman–Crippen LogP) is 2.44. The summed E-state index contributed by atoms with van der Waals surface area (Å²) in [6.07, 6.45) is 4.20. The largest absolute Gasteiger partial charge is 0.290 e. The first-order chi connectivity index (χ1) is 10.1. The molecule has 0 radical (unpaired) electrons. The molecule has 2 heterocycles. The maximum absolute atomic E-state index is 12.8. The molecule has 0 fully saturated rings. The van der Waals surface area contributed by atoms with Gasteiger partial charge in [0.05, 0.1) is 29.0 Å². The van der Waals surface area contributed by atoms with E-state index in [1.54, 1.807) is 21.8 Å². The van der Waals surface area contributed by atoms with Gasteiger partial charge in [0.1, 0.15) is 0 Å². The lowest BCUT2D eigenvalue weighted by molar-refractivity contribution is 0.502. The number of nitrogens with zero attached hydrogens (tertiary/aromatic N) is 4. The minimum atomic E-state index is -0.0533. The summed E-state index contributed by atoms with van der Waals surface area (Å²) in [6, 6.07) is 7.65. The van der Waals surface area contributed by atoms with E-state index in [0.717, 1.165) is 23.2 Å². The molecule has 1 aromatic carbocycles. The van der Waals surface area contributed by atoms with Gasteiger partial charge in [-0.2, -0.15) is 5.10 Å². The average Bonchev–Trinajstić information content (AvgIpc) is 2.89. The molecule has 0 N–H and O–H groups in total. The third kappa shape index (κ3) is 2.24. The molecule has 108 valence electrons. The van der Waals surface area contributed by atoms with Crippen molar-refractivity contribution >= 4 is 10.9 Å². The van der Waals surface area contributed by atoms with Crippen molar-refractivity contribution in [3.8, 4) is 0 Å². The standard InChI is InChI=1S/C16H18N4O/c1-4-14(15-7-8-18-19(15)3)20-10-17-13-6-5-11(2)9-12(13)16(20)21/h5-10,14H,4H2,1-3H3. The average molecular weight is 282 g/mol. The summed E-state index contributed by atoms with van der Waals surface area (Å²) in [5.41, 5.74) is 2.81. The molecule has 0 amide bonds. The highest BCUT2D eigenvalue weighted by Crippen LogP contribution is 2.20. The molecule has 0 aliphatic heterocycles. The van der Waals surface area contributed by atoms with Crippen LogP contribution in [0.15, 0.2) is 41.6 Å². The molecule has 5 nitrogen and oxygen atoms in total. The SMILES string of the molecule is CCC(c1ccnn1C)n1cnc2ccc(C)cc2c1=O. The fourth-order valence-corrected chi connectivity index (χ4v) is 2.73. The van der Waals surface area contributed by atoms with Crippen LogP contribution < -0.4 is 5.56 Å². The fourth-order valence-electron chi connectivity index (χ4n) is 2.73. The van der Waals surface area contributed by atoms with Crippen LogP contribution >= 0.6 is 0 Å². The smallest absolute Gasteiger partial charge is 0.261 e. The summed E-state index contributed by atoms with van der Waals surface area (Å²) in [5.74, 6) is 0. The van der Waals surface area contributed by atoms with Crippen molar-refractivity contribution in [1.29, 1.82) is 0 Å². The van der Waals surface area contributed by atoms with E-state index in [2.05, 4.69) is 17.0 Å². The first-order valence-corrected chi connectivity index (χ1v) is 7.07. The maximum atomic E-state index is 12.8. The summed E-state index contributed by atoms with van der Waals surface area (Å²) >= 11 is 0. The van der Waals surface area contributed by atoms with Crippen molar-refractivity contribution in [3.05, 3.63) is 58.4 Å². The van der Waals surface area contributed by atoms with E-state index in [1.165, 1.54) is 0 Å². The van der Waals surface area contributed by atoms with E-state index in [4.69, 9.17) is 0 Å². The predicted molar refractivity (Wildman–Crippen MR) is 82.4 cm³/mol. The summed E-state index contributed by atoms with van der Waals surface area (Å²) in [6.45, 7) is 4.04. The molecule has 3 rings (SSSR count). The van der Waals surface area contributed by atoms with E-state index in [-0.39, 0.29) is 11.6 Å². The normalized spacial score (nSPS) is 12.7. The van der Waals surface area contributed by atoms with Gasteiger partial charge in [-0.15, -0.1) is 0 Å². The van der Waals surface area contributed by atoms with Gasteiger partial charge < -0.3 is 0 Å². The van der Waals surface area contributed by atoms with Gasteiger partial charge in [-0.05, 0) is 31.5 Å². The molecule has 5 heteroatoms. The van der Waals surface area contributed by atoms with E-state index < -0.39 is 0 Å². The zero-order valence-corrected chi connectivity index (χ0v) is 12.4. The van der Waals surface area contributed by atoms with Crippen molar-refractivity contribution in [2.45, 2.75) is 26.3 Å². The van der Waals surface area contributed by atoms with E-state index in [1.807, 2.05) is 38.2 Å². The third-order valence-electron chi connectivity index (χ3n) is 3.86. The zero-order valence-electron chi connectivity index (χ0n) is 12.4. The molecule has 0 bridgehead atoms. The second-order valence-corrected chi connectivity index (χ2v) is 5.28. The van der Waals surface area contributed by atoms with Crippen LogP contribution in [0.4, 0.5) is 0 Å². The quantitative estimate of drug-likeness (QED) is 0.741. The lowest BCUT2D eigenvalue weighted by Crippen LogP contribution is -2.27. The van der Waals surface area contributed by atoms with Crippen LogP contribution in [0.1, 0.15) is 30.6 Å². The Morgan fingerprint density at radius 2 is 2.10 bits per heavy atom. The first-order valence-electron chi connectivity index (χ1n) is 7.07. The minimum absolute atomic E-state index is 0.00301. The number of rotatable bonds is 3. The number of aromatic nitrogens is 4. The van der Waals surface area contributed by atoms with Gasteiger partial charge in [-0.25, -0.2) is 4.98 Å². The van der Waals surface area contributed by atoms with Gasteiger partial charge in [0.15, 0.2) is 0 Å². The van der Waals surface area contributed by atoms with Gasteiger partial charge in [-0.3, -0.25) is 14.0 Å². The Kier molecular flexibility index (Phi) is 3.33. The highest BCUT2D eigenvalue weighted by Gasteiger charge is 2.17. The molecular weight excluding hydrogens is 264 g/mol. The van der Waals surface area contributed by atoms with E-state index in [0.29, 0.717) is 5.39 Å². The monoisotopic (exact) mass is 282 g/mol. The number of benzene rings is 1. The molecule has 2 aromatic heterocycles. The van der Waals surface area contributed by atoms with Gasteiger partial charge in [-0.1, -0.05) is 18.6 Å². The third-order valence-corrected chi connectivity index (χ3v) is 3.86. The maximum Gasteiger partial charge on any atom is 0.261 e. The van der Waals surface area contributed by atoms with E-state index >= 15 is 0 Å². The number of hydrogen-bond donors (Lipinski definition) is 0. The van der Waals surface area contributed by atoms with Crippen LogP contribution in [-0.2, 0) is 7.05 Å². The zero-order chi connectivity index (χ0) is 15.0. The van der Waals surface area contributed by atoms with Gasteiger partial charge in [0.25, 0.3) is 5.56 Å². The highest BCUT2D eigenvalue weighted by atomic mass is 16.1. The second-order valence-electron chi connectivity index (χ2n) is 5.28. The fraction of sp³-hybridized carbons (Fsp3) is 0.312. The van der Waals surface area contributed by atoms with Crippen LogP contribution in [0.5, 0.6) is 0 Å². The van der Waals surface area contributed by atoms with Gasteiger partial charge in [0, 0.05) is 13.2 Å². The molecule has 0 aliphatic carbocycles. The Hall–Kier alpha value is -2.43. The first kappa shape index (κ1) is 13.5. The van der Waals surface area contributed by atoms with Crippen LogP contribution in [0.25, 0.3) is 10.9 Å². The summed E-state index contributed by atoms with van der Waals surface area (Å²) in [4.78, 5) is 17.2. The van der Waals surface area contributed by atoms with Crippen LogP contribution in [0, 0.1) is 6.92 Å². The van der Waals surface area contributed by atoms with E-state index in [9.17, 15) is 4.79 Å². The summed E-state index contributed by atoms with van der Waals surface area (Å²) in [7, 11) is 1.89. The van der Waals surface area contributed by atoms with Crippen LogP contribution in [0.3, 0.4) is 0 Å². The lowest BCUT2D eigenvalue weighted by Gasteiger charge is -2.18. The Morgan fingerprint density at radius 1 is 1.29 bits per heavy atom. The molecule has 0 saturated heterocycles. The van der Waals surface area contributed by atoms with Crippen molar-refractivity contribution in [2.24, 2.45) is 7.05 Å². The Morgan fingerprint density at radius 3 is 2.76 bits per heavy atom. The number of hydrogen-bond acceptors (Lipinski definition) is 3.